The number of fused-ring (bicyclic) bond motifs is 25. The Bertz CT molecular complexity index is 8510. The molecule has 25 aromatic rings. The molecule has 0 bridgehead atoms. The van der Waals surface area contributed by atoms with Gasteiger partial charge in [-0.2, -0.15) is 0 Å². The molecule has 25 rings (SSSR count). The van der Waals surface area contributed by atoms with Crippen LogP contribution in [0.4, 0.5) is 0 Å². The Morgan fingerprint density at radius 3 is 0.667 bits per heavy atom. The van der Waals surface area contributed by atoms with E-state index in [1.54, 1.807) is 0 Å². The predicted molar refractivity (Wildman–Crippen MR) is 564 cm³/mol. The standard InChI is InChI=1S/C44H43N.C42H33N.C40H35N/c1-24(2)28-9-11-30-22-42-38(18-35(30)13-28)40-20-37(34-16-32(26(5)6)15-33(17-34)27(7)8)21-41-39-19-36-14-29(25(3)4)10-12-31(36)23-43(39)45(42)44(40)41;1-24(2)27-12-14-29-22-40-36(18-31(29)16-27)38-20-33(35-11-7-9-26-8-5-6-10-34(26)35)21-39-37-19-32-17-28(25(3)4)13-15-30(32)23-41(37)43(40)42(38)39;1-22(2)26-7-9-28-20-38-34(16-31(28)14-26)36-18-33(30-12-24(5)11-25(6)13-30)19-37-35-17-32-15-27(23(3)4)8-10-29(32)21-39(35)41(38)40(36)37/h9-27H,1-8H3;5-25H,1-4H3;7-23H,1-6H3. The number of benzene rings is 19. The fourth-order valence-electron chi connectivity index (χ4n) is 22.0. The second-order valence-corrected chi connectivity index (χ2v) is 40.7. The Hall–Kier alpha value is -13.6. The second kappa shape index (κ2) is 30.0. The van der Waals surface area contributed by atoms with Crippen molar-refractivity contribution in [2.75, 3.05) is 0 Å². The maximum atomic E-state index is 2.55. The first-order valence-electron chi connectivity index (χ1n) is 47.4. The molecule has 0 atom stereocenters. The van der Waals surface area contributed by atoms with Gasteiger partial charge in [-0.05, 0) is 324 Å². The molecule has 129 heavy (non-hydrogen) atoms. The predicted octanol–water partition coefficient (Wildman–Crippen LogP) is 37.2. The molecule has 0 aliphatic carbocycles. The van der Waals surface area contributed by atoms with Crippen LogP contribution in [-0.4, -0.2) is 13.2 Å². The van der Waals surface area contributed by atoms with Gasteiger partial charge in [-0.1, -0.05) is 310 Å². The lowest BCUT2D eigenvalue weighted by Crippen LogP contribution is -1.95. The van der Waals surface area contributed by atoms with Gasteiger partial charge >= 0.3 is 0 Å². The van der Waals surface area contributed by atoms with E-state index in [0.717, 1.165) is 0 Å². The van der Waals surface area contributed by atoms with Gasteiger partial charge in [-0.15, -0.1) is 0 Å². The minimum Gasteiger partial charge on any atom is -0.308 e. The lowest BCUT2D eigenvalue weighted by molar-refractivity contribution is 0.834. The van der Waals surface area contributed by atoms with Crippen LogP contribution in [-0.2, 0) is 0 Å². The topological polar surface area (TPSA) is 13.2 Å². The summed E-state index contributed by atoms with van der Waals surface area (Å²) in [6.07, 6.45) is 0. The summed E-state index contributed by atoms with van der Waals surface area (Å²) in [4.78, 5) is 0. The van der Waals surface area contributed by atoms with Crippen molar-refractivity contribution < 1.29 is 0 Å². The van der Waals surface area contributed by atoms with Crippen molar-refractivity contribution in [3.8, 4) is 33.4 Å². The van der Waals surface area contributed by atoms with E-state index in [1.807, 2.05) is 0 Å². The van der Waals surface area contributed by atoms with Crippen molar-refractivity contribution in [2.45, 2.75) is 172 Å². The molecular formula is C126H111N3. The van der Waals surface area contributed by atoms with E-state index in [9.17, 15) is 0 Å². The molecule has 0 radical (unpaired) electrons. The maximum Gasteiger partial charge on any atom is 0.0620 e. The average molecular weight is 1670 g/mol. The van der Waals surface area contributed by atoms with Crippen LogP contribution in [0.1, 0.15) is 214 Å². The van der Waals surface area contributed by atoms with E-state index in [0.29, 0.717) is 47.3 Å². The zero-order valence-corrected chi connectivity index (χ0v) is 77.8. The third-order valence-corrected chi connectivity index (χ3v) is 29.4. The Labute approximate surface area is 755 Å². The smallest absolute Gasteiger partial charge is 0.0620 e. The Morgan fingerprint density at radius 2 is 0.395 bits per heavy atom. The van der Waals surface area contributed by atoms with Crippen molar-refractivity contribution in [3.05, 3.63) is 353 Å². The number of hydrogen-bond donors (Lipinski definition) is 0. The van der Waals surface area contributed by atoms with E-state index >= 15 is 0 Å². The van der Waals surface area contributed by atoms with E-state index in [-0.39, 0.29) is 0 Å². The lowest BCUT2D eigenvalue weighted by atomic mass is 9.90. The van der Waals surface area contributed by atoms with Gasteiger partial charge in [-0.25, -0.2) is 0 Å². The molecular weight excluding hydrogens is 1560 g/mol. The average Bonchev–Trinajstić information content (AvgIpc) is 1.55. The maximum absolute atomic E-state index is 2.55. The summed E-state index contributed by atoms with van der Waals surface area (Å²) in [5, 5.41) is 34.3. The molecule has 0 spiro atoms. The van der Waals surface area contributed by atoms with Crippen LogP contribution < -0.4 is 0 Å². The van der Waals surface area contributed by atoms with Gasteiger partial charge in [0.25, 0.3) is 0 Å². The molecule has 0 aliphatic heterocycles. The van der Waals surface area contributed by atoms with Gasteiger partial charge in [0.1, 0.15) is 0 Å². The Kier molecular flexibility index (Phi) is 18.6. The minimum absolute atomic E-state index is 0.479. The van der Waals surface area contributed by atoms with E-state index in [1.165, 1.54) is 279 Å². The van der Waals surface area contributed by atoms with Gasteiger partial charge in [0.2, 0.25) is 0 Å². The highest BCUT2D eigenvalue weighted by Crippen LogP contribution is 2.51. The van der Waals surface area contributed by atoms with E-state index in [2.05, 4.69) is 435 Å². The van der Waals surface area contributed by atoms with Crippen LogP contribution in [0.2, 0.25) is 0 Å². The van der Waals surface area contributed by atoms with Gasteiger partial charge in [0, 0.05) is 64.6 Å². The fourth-order valence-corrected chi connectivity index (χ4v) is 22.0. The van der Waals surface area contributed by atoms with Crippen LogP contribution in [0, 0.1) is 13.8 Å². The summed E-state index contributed by atoms with van der Waals surface area (Å²) < 4.78 is 7.62. The van der Waals surface area contributed by atoms with Gasteiger partial charge in [0.15, 0.2) is 0 Å². The monoisotopic (exact) mass is 1670 g/mol. The minimum atomic E-state index is 0.479. The summed E-state index contributed by atoms with van der Waals surface area (Å²) in [5.74, 6) is 3.98. The van der Waals surface area contributed by atoms with Crippen LogP contribution in [0.3, 0.4) is 0 Å². The van der Waals surface area contributed by atoms with Crippen molar-refractivity contribution in [3.63, 3.8) is 0 Å². The molecule has 0 N–H and O–H groups in total. The van der Waals surface area contributed by atoms with Crippen LogP contribution in [0.5, 0.6) is 0 Å². The number of rotatable bonds is 11. The number of aryl methyl sites for hydroxylation is 2. The molecule has 0 unspecified atom stereocenters. The molecule has 6 heterocycles. The molecule has 19 aromatic carbocycles. The molecule has 0 saturated heterocycles. The summed E-state index contributed by atoms with van der Waals surface area (Å²) in [6, 6.07) is 115. The first-order chi connectivity index (χ1) is 62.3. The molecule has 0 amide bonds. The zero-order valence-electron chi connectivity index (χ0n) is 77.8. The Morgan fingerprint density at radius 1 is 0.155 bits per heavy atom. The number of nitrogens with zero attached hydrogens (tertiary/aromatic N) is 3. The molecule has 0 aliphatic rings. The van der Waals surface area contributed by atoms with Crippen molar-refractivity contribution >= 4 is 190 Å². The second-order valence-electron chi connectivity index (χ2n) is 40.7. The highest BCUT2D eigenvalue weighted by atomic mass is 14.9. The molecule has 3 nitrogen and oxygen atoms in total. The van der Waals surface area contributed by atoms with Gasteiger partial charge in [-0.3, -0.25) is 0 Å². The SMILES string of the molecule is CC(C)c1cc(-c2cc3c4cc5cc(C(C)C)ccc5cc4n4c5cc6ccc(C(C)C)cc6cc5c(c2)c34)cc(C(C)C)c1.CC(C)c1ccc2cc3c(cc2c1)c1cc(-c2cccc4ccccc24)cc2c4cc5cc(C(C)C)ccc5cc4n3c12.Cc1cc(C)cc(-c2cc3c4cc5cc(C(C)C)ccc5cc4n4c5cc6ccc(C(C)C)cc6cc5c(c2)c34)c1. The molecule has 6 aromatic heterocycles. The summed E-state index contributed by atoms with van der Waals surface area (Å²) in [7, 11) is 0. The van der Waals surface area contributed by atoms with Crippen LogP contribution in [0.25, 0.3) is 223 Å². The van der Waals surface area contributed by atoms with Crippen molar-refractivity contribution in [2.24, 2.45) is 0 Å². The summed E-state index contributed by atoms with van der Waals surface area (Å²) >= 11 is 0. The van der Waals surface area contributed by atoms with Crippen molar-refractivity contribution in [1.82, 2.24) is 13.2 Å². The first-order valence-corrected chi connectivity index (χ1v) is 47.4. The van der Waals surface area contributed by atoms with Gasteiger partial charge in [0.05, 0.1) is 49.7 Å². The lowest BCUT2D eigenvalue weighted by Gasteiger charge is -2.15. The highest BCUT2D eigenvalue weighted by Gasteiger charge is 2.27. The van der Waals surface area contributed by atoms with Crippen LogP contribution >= 0.6 is 0 Å². The molecule has 0 fully saturated rings. The summed E-state index contributed by atoms with van der Waals surface area (Å²) in [5.41, 5.74) is 33.3. The normalized spacial score (nSPS) is 12.7. The third kappa shape index (κ3) is 13.0. The fraction of sp³-hybridized carbons (Fsp3) is 0.206. The van der Waals surface area contributed by atoms with E-state index < -0.39 is 0 Å². The van der Waals surface area contributed by atoms with Gasteiger partial charge < -0.3 is 13.2 Å². The third-order valence-electron chi connectivity index (χ3n) is 29.4. The highest BCUT2D eigenvalue weighted by molar-refractivity contribution is 6.31. The first kappa shape index (κ1) is 80.0. The largest absolute Gasteiger partial charge is 0.308 e. The zero-order chi connectivity index (χ0) is 88.4. The molecule has 3 heteroatoms. The van der Waals surface area contributed by atoms with Crippen molar-refractivity contribution in [1.29, 1.82) is 0 Å². The van der Waals surface area contributed by atoms with Crippen LogP contribution in [0.15, 0.2) is 297 Å². The Balaban J connectivity index is 0.000000111. The number of aromatic nitrogens is 3. The quantitative estimate of drug-likeness (QED) is 0.122. The molecule has 0 saturated carbocycles. The van der Waals surface area contributed by atoms with E-state index in [4.69, 9.17) is 0 Å². The number of hydrogen-bond acceptors (Lipinski definition) is 0. The molecule has 630 valence electrons. The summed E-state index contributed by atoms with van der Waals surface area (Å²) in [6.45, 7) is 41.0.